The molecule has 0 rings (SSSR count). The number of unbranched alkanes of at least 4 members (excludes halogenated alkanes) is 28. The van der Waals surface area contributed by atoms with Gasteiger partial charge in [0.25, 0.3) is 0 Å². The third-order valence-corrected chi connectivity index (χ3v) is 7.99. The second-order valence-electron chi connectivity index (χ2n) is 12.2. The van der Waals surface area contributed by atoms with Crippen LogP contribution < -0.4 is 5.11 Å². The Hall–Kier alpha value is -1.06. The minimum atomic E-state index is -0.903. The van der Waals surface area contributed by atoms with Crippen LogP contribution in [0.2, 0.25) is 0 Å². The quantitative estimate of drug-likeness (QED) is 0.0598. The molecule has 0 heterocycles. The molecule has 4 heteroatoms. The number of hydrogen-bond donors (Lipinski definition) is 0. The van der Waals surface area contributed by atoms with Gasteiger partial charge in [-0.3, -0.25) is 0 Å². The lowest BCUT2D eigenvalue weighted by atomic mass is 10.0. The van der Waals surface area contributed by atoms with Crippen LogP contribution in [-0.2, 0) is 9.59 Å². The van der Waals surface area contributed by atoms with Crippen molar-refractivity contribution in [3.8, 4) is 0 Å². The zero-order chi connectivity index (χ0) is 29.8. The number of hydrogen-bond acceptors (Lipinski definition) is 3. The molecule has 0 unspecified atom stereocenters. The van der Waals surface area contributed by atoms with E-state index in [1.165, 1.54) is 167 Å². The molecular formula is C36H72O4. The molecule has 0 saturated carbocycles. The third-order valence-electron chi connectivity index (χ3n) is 7.99. The minimum absolute atomic E-state index is 0.234. The molecule has 0 fully saturated rings. The van der Waals surface area contributed by atoms with Gasteiger partial charge in [-0.1, -0.05) is 194 Å². The van der Waals surface area contributed by atoms with E-state index < -0.39 is 11.9 Å². The summed E-state index contributed by atoms with van der Waals surface area (Å²) in [7, 11) is 0. The highest BCUT2D eigenvalue weighted by atomic mass is 16.4. The first-order valence-corrected chi connectivity index (χ1v) is 18.0. The molecule has 40 heavy (non-hydrogen) atoms. The van der Waals surface area contributed by atoms with Gasteiger partial charge in [0.15, 0.2) is 0 Å². The van der Waals surface area contributed by atoms with E-state index >= 15 is 0 Å². The number of carboxylic acids is 1. The Bertz CT molecular complexity index is 447. The molecule has 240 valence electrons. The largest absolute Gasteiger partial charge is 0.565 e. The number of carbonyl (C=O) groups is 2. The molecule has 0 aromatic heterocycles. The molecule has 0 spiro atoms. The summed E-state index contributed by atoms with van der Waals surface area (Å²) < 4.78 is 0. The molecule has 0 atom stereocenters. The molecule has 0 aliphatic heterocycles. The van der Waals surface area contributed by atoms with Crippen LogP contribution in [-0.4, -0.2) is 17.0 Å². The summed E-state index contributed by atoms with van der Waals surface area (Å²) >= 11 is 0. The molecule has 0 radical (unpaired) electrons. The van der Waals surface area contributed by atoms with E-state index in [9.17, 15) is 14.7 Å². The number of carboxylic acid groups (broad SMARTS) is 1. The third kappa shape index (κ3) is 44.0. The summed E-state index contributed by atoms with van der Waals surface area (Å²) in [6, 6.07) is 0. The average molecular weight is 569 g/mol. The van der Waals surface area contributed by atoms with Crippen molar-refractivity contribution in [2.45, 2.75) is 219 Å². The van der Waals surface area contributed by atoms with Crippen LogP contribution in [0.1, 0.15) is 219 Å². The lowest BCUT2D eigenvalue weighted by Crippen LogP contribution is -2.21. The van der Waals surface area contributed by atoms with Crippen molar-refractivity contribution in [1.29, 1.82) is 0 Å². The first-order chi connectivity index (χ1) is 19.5. The SMILES string of the molecule is CCCCCCCCCCCCCCCCCC(=O)[O-].CCCCCCCCCCCCCCCCCC(=O)[OH2+]. The molecule has 0 bridgehead atoms. The standard InChI is InChI=1S/2C18H36O2/c2*1-2-3-4-5-6-7-8-9-10-11-12-13-14-15-16-17-18(19)20/h2*2-17H2,1H3,(H,19,20). The fourth-order valence-corrected chi connectivity index (χ4v) is 5.30. The molecule has 0 saturated heterocycles. The highest BCUT2D eigenvalue weighted by Crippen LogP contribution is 2.15. The maximum atomic E-state index is 10.4. The Morgan fingerprint density at radius 1 is 0.375 bits per heavy atom. The topological polar surface area (TPSA) is 80.1 Å². The summed E-state index contributed by atoms with van der Waals surface area (Å²) in [6.45, 7) is 4.54. The smallest absolute Gasteiger partial charge is 0.515 e. The first-order valence-electron chi connectivity index (χ1n) is 18.0. The van der Waals surface area contributed by atoms with Gasteiger partial charge in [0.2, 0.25) is 0 Å². The lowest BCUT2D eigenvalue weighted by Gasteiger charge is -2.04. The van der Waals surface area contributed by atoms with Gasteiger partial charge in [0.05, 0.1) is 0 Å². The predicted molar refractivity (Wildman–Crippen MR) is 173 cm³/mol. The van der Waals surface area contributed by atoms with Gasteiger partial charge < -0.3 is 15.0 Å². The Balaban J connectivity index is 0. The van der Waals surface area contributed by atoms with Crippen LogP contribution in [0.15, 0.2) is 0 Å². The van der Waals surface area contributed by atoms with Gasteiger partial charge in [-0.05, 0) is 19.3 Å². The fourth-order valence-electron chi connectivity index (χ4n) is 5.30. The van der Waals surface area contributed by atoms with Crippen molar-refractivity contribution in [3.63, 3.8) is 0 Å². The van der Waals surface area contributed by atoms with Crippen molar-refractivity contribution in [2.24, 2.45) is 0 Å². The van der Waals surface area contributed by atoms with Gasteiger partial charge in [0.1, 0.15) is 6.42 Å². The van der Waals surface area contributed by atoms with E-state index in [1.807, 2.05) is 0 Å². The van der Waals surface area contributed by atoms with Crippen molar-refractivity contribution >= 4 is 11.9 Å². The second kappa shape index (κ2) is 37.9. The number of rotatable bonds is 32. The van der Waals surface area contributed by atoms with Gasteiger partial charge >= 0.3 is 5.97 Å². The van der Waals surface area contributed by atoms with E-state index in [4.69, 9.17) is 5.11 Å². The fraction of sp³-hybridized carbons (Fsp3) is 0.944. The summed E-state index contributed by atoms with van der Waals surface area (Å²) in [6.07, 6.45) is 40.4. The molecule has 0 aromatic carbocycles. The molecular weight excluding hydrogens is 496 g/mol. The van der Waals surface area contributed by atoms with E-state index in [0.717, 1.165) is 25.7 Å². The van der Waals surface area contributed by atoms with Crippen LogP contribution in [0.3, 0.4) is 0 Å². The Morgan fingerprint density at radius 2 is 0.575 bits per heavy atom. The van der Waals surface area contributed by atoms with E-state index in [1.54, 1.807) is 0 Å². The monoisotopic (exact) mass is 569 g/mol. The van der Waals surface area contributed by atoms with Gasteiger partial charge in [-0.15, -0.1) is 0 Å². The highest BCUT2D eigenvalue weighted by Gasteiger charge is 2.03. The maximum Gasteiger partial charge on any atom is 0.515 e. The second-order valence-corrected chi connectivity index (χ2v) is 12.2. The van der Waals surface area contributed by atoms with Gasteiger partial charge in [0, 0.05) is 10.8 Å². The van der Waals surface area contributed by atoms with Crippen molar-refractivity contribution in [3.05, 3.63) is 0 Å². The van der Waals surface area contributed by atoms with Crippen LogP contribution in [0.5, 0.6) is 0 Å². The Labute approximate surface area is 250 Å². The summed E-state index contributed by atoms with van der Waals surface area (Å²) in [4.78, 5) is 20.7. The number of carbonyl (C=O) groups excluding carboxylic acids is 2. The van der Waals surface area contributed by atoms with Crippen LogP contribution >= 0.6 is 0 Å². The van der Waals surface area contributed by atoms with Crippen molar-refractivity contribution in [1.82, 2.24) is 0 Å². The normalized spacial score (nSPS) is 10.8. The van der Waals surface area contributed by atoms with Crippen molar-refractivity contribution in [2.75, 3.05) is 0 Å². The Kier molecular flexibility index (Phi) is 39.0. The zero-order valence-electron chi connectivity index (χ0n) is 27.4. The van der Waals surface area contributed by atoms with E-state index in [0.29, 0.717) is 6.42 Å². The molecule has 0 aliphatic rings. The average Bonchev–Trinajstić information content (AvgIpc) is 2.93. The van der Waals surface area contributed by atoms with E-state index in [-0.39, 0.29) is 6.42 Å². The Morgan fingerprint density at radius 3 is 0.775 bits per heavy atom. The van der Waals surface area contributed by atoms with E-state index in [2.05, 4.69) is 13.8 Å². The van der Waals surface area contributed by atoms with Gasteiger partial charge in [-0.2, -0.15) is 0 Å². The first kappa shape index (κ1) is 41.1. The highest BCUT2D eigenvalue weighted by molar-refractivity contribution is 5.66. The minimum Gasteiger partial charge on any atom is -0.565 e. The molecule has 0 aromatic rings. The number of aliphatic carboxylic acids is 1. The van der Waals surface area contributed by atoms with Crippen LogP contribution in [0, 0.1) is 0 Å². The van der Waals surface area contributed by atoms with Crippen LogP contribution in [0.25, 0.3) is 0 Å². The zero-order valence-corrected chi connectivity index (χ0v) is 27.4. The molecule has 0 aliphatic carbocycles. The lowest BCUT2D eigenvalue weighted by molar-refractivity contribution is -0.305. The summed E-state index contributed by atoms with van der Waals surface area (Å²) in [5, 5.41) is 17.0. The van der Waals surface area contributed by atoms with Crippen molar-refractivity contribution < 1.29 is 19.8 Å². The maximum absolute atomic E-state index is 10.4. The van der Waals surface area contributed by atoms with Gasteiger partial charge in [-0.25, -0.2) is 0 Å². The van der Waals surface area contributed by atoms with Crippen LogP contribution in [0.4, 0.5) is 0 Å². The predicted octanol–water partition coefficient (Wildman–Crippen LogP) is 10.5. The molecule has 2 N–H and O–H groups in total. The summed E-state index contributed by atoms with van der Waals surface area (Å²) in [5.41, 5.74) is 0. The summed E-state index contributed by atoms with van der Waals surface area (Å²) in [5.74, 6) is -1.31. The molecule has 0 amide bonds. The molecule has 4 nitrogen and oxygen atoms in total.